The first-order chi connectivity index (χ1) is 17.9. The van der Waals surface area contributed by atoms with E-state index >= 15 is 0 Å². The lowest BCUT2D eigenvalue weighted by Gasteiger charge is -2.30. The number of cyclic esters (lactones) is 1. The second-order valence-corrected chi connectivity index (χ2v) is 9.82. The number of phenolic OH excluding ortho intramolecular Hbond substituents is 1. The van der Waals surface area contributed by atoms with E-state index in [0.717, 1.165) is 16.9 Å². The maximum atomic E-state index is 13.3. The third kappa shape index (κ3) is 5.31. The number of ether oxygens (including phenoxy) is 3. The number of carbonyl (C=O) groups is 3. The molecule has 0 saturated carbocycles. The zero-order chi connectivity index (χ0) is 25.9. The fourth-order valence-electron chi connectivity index (χ4n) is 5.17. The van der Waals surface area contributed by atoms with Gasteiger partial charge in [-0.15, -0.1) is 0 Å². The molecule has 5 rings (SSSR count). The van der Waals surface area contributed by atoms with Crippen molar-refractivity contribution in [2.24, 2.45) is 0 Å². The van der Waals surface area contributed by atoms with Crippen LogP contribution in [0, 0.1) is 0 Å². The van der Waals surface area contributed by atoms with Gasteiger partial charge in [-0.2, -0.15) is 0 Å². The summed E-state index contributed by atoms with van der Waals surface area (Å²) in [6.07, 6.45) is 8.65. The molecule has 1 N–H and O–H groups in total. The quantitative estimate of drug-likeness (QED) is 0.392. The molecule has 7 heteroatoms. The van der Waals surface area contributed by atoms with Gasteiger partial charge in [0.1, 0.15) is 35.2 Å². The summed E-state index contributed by atoms with van der Waals surface area (Å²) in [5.74, 6) is -0.640. The standard InChI is InChI=1S/C30H30O7/c1-18-8-7-12-22(31)11-4-2-3-10-20-15-25-28(29(33)27(20)30(34)36-18)23(16-26(32)37-25)21-14-19-9-5-6-13-24(19)35-17-21/h3,5-6,9-10,13-15,18,23,33H,2,4,7-8,11-12,16-17H2,1H3/t18-,23+/m0/s1. The highest BCUT2D eigenvalue weighted by molar-refractivity contribution is 5.98. The van der Waals surface area contributed by atoms with E-state index in [0.29, 0.717) is 49.7 Å². The average molecular weight is 503 g/mol. The van der Waals surface area contributed by atoms with E-state index in [9.17, 15) is 19.5 Å². The highest BCUT2D eigenvalue weighted by Crippen LogP contribution is 2.48. The summed E-state index contributed by atoms with van der Waals surface area (Å²) in [4.78, 5) is 38.0. The maximum absolute atomic E-state index is 13.3. The number of carbonyl (C=O) groups excluding carboxylic acids is 3. The van der Waals surface area contributed by atoms with Crippen molar-refractivity contribution < 1.29 is 33.7 Å². The van der Waals surface area contributed by atoms with Crippen LogP contribution in [0.25, 0.3) is 12.2 Å². The normalized spacial score (nSPS) is 22.3. The molecule has 0 saturated heterocycles. The van der Waals surface area contributed by atoms with E-state index in [4.69, 9.17) is 14.2 Å². The van der Waals surface area contributed by atoms with Crippen LogP contribution in [0.15, 0.2) is 42.0 Å². The molecular weight excluding hydrogens is 472 g/mol. The maximum Gasteiger partial charge on any atom is 0.342 e. The zero-order valence-corrected chi connectivity index (χ0v) is 20.8. The molecule has 0 aliphatic carbocycles. The molecule has 2 aromatic carbocycles. The van der Waals surface area contributed by atoms with Crippen molar-refractivity contribution in [1.29, 1.82) is 0 Å². The lowest BCUT2D eigenvalue weighted by molar-refractivity contribution is -0.135. The van der Waals surface area contributed by atoms with Gasteiger partial charge < -0.3 is 19.3 Å². The Kier molecular flexibility index (Phi) is 7.12. The predicted octanol–water partition coefficient (Wildman–Crippen LogP) is 5.74. The van der Waals surface area contributed by atoms with Crippen LogP contribution >= 0.6 is 0 Å². The molecule has 7 nitrogen and oxygen atoms in total. The van der Waals surface area contributed by atoms with Gasteiger partial charge in [-0.1, -0.05) is 30.4 Å². The van der Waals surface area contributed by atoms with E-state index < -0.39 is 24.0 Å². The van der Waals surface area contributed by atoms with Gasteiger partial charge in [-0.25, -0.2) is 4.79 Å². The van der Waals surface area contributed by atoms with Crippen molar-refractivity contribution in [3.05, 3.63) is 64.2 Å². The number of ketones is 1. The summed E-state index contributed by atoms with van der Waals surface area (Å²) in [6.45, 7) is 2.04. The van der Waals surface area contributed by atoms with Gasteiger partial charge >= 0.3 is 11.9 Å². The molecule has 0 radical (unpaired) electrons. The number of esters is 2. The van der Waals surface area contributed by atoms with E-state index in [2.05, 4.69) is 0 Å². The smallest absolute Gasteiger partial charge is 0.342 e. The second kappa shape index (κ2) is 10.6. The van der Waals surface area contributed by atoms with E-state index in [1.807, 2.05) is 36.4 Å². The van der Waals surface area contributed by atoms with Gasteiger partial charge in [-0.05, 0) is 62.0 Å². The Morgan fingerprint density at radius 3 is 2.68 bits per heavy atom. The Bertz CT molecular complexity index is 1300. The first kappa shape index (κ1) is 24.8. The molecule has 3 heterocycles. The molecular formula is C30H30O7. The Balaban J connectivity index is 1.58. The number of phenols is 1. The molecule has 0 fully saturated rings. The van der Waals surface area contributed by atoms with E-state index in [-0.39, 0.29) is 35.9 Å². The molecule has 0 unspecified atom stereocenters. The summed E-state index contributed by atoms with van der Waals surface area (Å²) in [5, 5.41) is 11.5. The minimum atomic E-state index is -0.647. The van der Waals surface area contributed by atoms with Gasteiger partial charge in [0, 0.05) is 29.9 Å². The largest absolute Gasteiger partial charge is 0.507 e. The third-order valence-electron chi connectivity index (χ3n) is 7.08. The Labute approximate surface area is 215 Å². The van der Waals surface area contributed by atoms with Crippen molar-refractivity contribution in [2.45, 2.75) is 63.9 Å². The number of Topliss-reactive ketones (excluding diaryl/α,β-unsaturated/α-hetero) is 1. The van der Waals surface area contributed by atoms with Gasteiger partial charge in [0.05, 0.1) is 12.5 Å². The number of hydrogen-bond donors (Lipinski definition) is 1. The van der Waals surface area contributed by atoms with Crippen molar-refractivity contribution in [3.8, 4) is 17.2 Å². The fourth-order valence-corrected chi connectivity index (χ4v) is 5.17. The first-order valence-corrected chi connectivity index (χ1v) is 12.8. The van der Waals surface area contributed by atoms with Crippen molar-refractivity contribution >= 4 is 29.9 Å². The van der Waals surface area contributed by atoms with Gasteiger partial charge in [0.15, 0.2) is 0 Å². The predicted molar refractivity (Wildman–Crippen MR) is 138 cm³/mol. The summed E-state index contributed by atoms with van der Waals surface area (Å²) in [6, 6.07) is 9.23. The van der Waals surface area contributed by atoms with Crippen LogP contribution in [-0.4, -0.2) is 35.5 Å². The Hall–Kier alpha value is -3.87. The lowest BCUT2D eigenvalue weighted by atomic mass is 9.82. The molecule has 0 amide bonds. The van der Waals surface area contributed by atoms with E-state index in [1.54, 1.807) is 19.1 Å². The highest BCUT2D eigenvalue weighted by Gasteiger charge is 2.37. The van der Waals surface area contributed by atoms with Crippen LogP contribution in [0.2, 0.25) is 0 Å². The first-order valence-electron chi connectivity index (χ1n) is 12.8. The van der Waals surface area contributed by atoms with Gasteiger partial charge in [0.2, 0.25) is 0 Å². The van der Waals surface area contributed by atoms with Gasteiger partial charge in [-0.3, -0.25) is 9.59 Å². The minimum absolute atomic E-state index is 0.0199. The number of allylic oxidation sites excluding steroid dienone is 1. The van der Waals surface area contributed by atoms with Crippen LogP contribution in [-0.2, 0) is 14.3 Å². The van der Waals surface area contributed by atoms with Crippen molar-refractivity contribution in [2.75, 3.05) is 6.61 Å². The fraction of sp³-hybridized carbons (Fsp3) is 0.367. The van der Waals surface area contributed by atoms with Crippen molar-refractivity contribution in [1.82, 2.24) is 0 Å². The van der Waals surface area contributed by atoms with Gasteiger partial charge in [0.25, 0.3) is 0 Å². The number of aromatic hydroxyl groups is 1. The van der Waals surface area contributed by atoms with Crippen molar-refractivity contribution in [3.63, 3.8) is 0 Å². The number of hydrogen-bond acceptors (Lipinski definition) is 7. The second-order valence-electron chi connectivity index (χ2n) is 9.82. The lowest BCUT2D eigenvalue weighted by Crippen LogP contribution is -2.26. The number of benzene rings is 2. The molecule has 0 bridgehead atoms. The summed E-state index contributed by atoms with van der Waals surface area (Å²) in [5.41, 5.74) is 2.55. The average Bonchev–Trinajstić information content (AvgIpc) is 2.87. The Morgan fingerprint density at radius 1 is 1.00 bits per heavy atom. The topological polar surface area (TPSA) is 99.1 Å². The van der Waals surface area contributed by atoms with Crippen LogP contribution in [0.5, 0.6) is 17.2 Å². The minimum Gasteiger partial charge on any atom is -0.507 e. The molecule has 192 valence electrons. The SMILES string of the molecule is C[C@H]1CCCC(=O)CCCC=Cc2cc3c(c(O)c2C(=O)O1)[C@@H](C1=Cc2ccccc2OC1)CC(=O)O3. The van der Waals surface area contributed by atoms with Crippen LogP contribution in [0.4, 0.5) is 0 Å². The molecule has 2 atom stereocenters. The monoisotopic (exact) mass is 502 g/mol. The zero-order valence-electron chi connectivity index (χ0n) is 20.8. The molecule has 37 heavy (non-hydrogen) atoms. The summed E-state index contributed by atoms with van der Waals surface area (Å²) >= 11 is 0. The molecule has 3 aliphatic rings. The molecule has 3 aliphatic heterocycles. The van der Waals surface area contributed by atoms with Crippen LogP contribution in [0.1, 0.15) is 84.8 Å². The Morgan fingerprint density at radius 2 is 1.81 bits per heavy atom. The van der Waals surface area contributed by atoms with E-state index in [1.165, 1.54) is 0 Å². The van der Waals surface area contributed by atoms with Crippen LogP contribution in [0.3, 0.4) is 0 Å². The third-order valence-corrected chi connectivity index (χ3v) is 7.08. The number of fused-ring (bicyclic) bond motifs is 3. The molecule has 0 aromatic heterocycles. The van der Waals surface area contributed by atoms with Crippen LogP contribution < -0.4 is 9.47 Å². The molecule has 0 spiro atoms. The molecule has 2 aromatic rings. The number of para-hydroxylation sites is 1. The number of rotatable bonds is 1. The summed E-state index contributed by atoms with van der Waals surface area (Å²) in [7, 11) is 0. The highest BCUT2D eigenvalue weighted by atomic mass is 16.5. The summed E-state index contributed by atoms with van der Waals surface area (Å²) < 4.78 is 17.2.